The first-order chi connectivity index (χ1) is 13.5. The molecule has 2 aromatic carbocycles. The summed E-state index contributed by atoms with van der Waals surface area (Å²) in [4.78, 5) is 19.3. The number of carbonyl (C=O) groups is 1. The number of aryl methyl sites for hydroxylation is 1. The molecule has 1 fully saturated rings. The maximum Gasteiger partial charge on any atom is 0.266 e. The number of furan rings is 1. The molecule has 6 heteroatoms. The second-order valence-electron chi connectivity index (χ2n) is 6.39. The fourth-order valence-electron chi connectivity index (χ4n) is 2.79. The predicted octanol–water partition coefficient (Wildman–Crippen LogP) is 6.25. The minimum Gasteiger partial charge on any atom is -0.457 e. The minimum absolute atomic E-state index is 0.0888. The van der Waals surface area contributed by atoms with Crippen LogP contribution in [0.3, 0.4) is 0 Å². The Balaban J connectivity index is 1.60. The van der Waals surface area contributed by atoms with Gasteiger partial charge in [0.05, 0.1) is 10.6 Å². The molecule has 28 heavy (non-hydrogen) atoms. The van der Waals surface area contributed by atoms with E-state index < -0.39 is 0 Å². The molecule has 1 amide bonds. The van der Waals surface area contributed by atoms with Gasteiger partial charge in [-0.05, 0) is 60.6 Å². The van der Waals surface area contributed by atoms with Crippen LogP contribution in [0.5, 0.6) is 0 Å². The Morgan fingerprint density at radius 1 is 1.11 bits per heavy atom. The minimum atomic E-state index is -0.0888. The number of amidine groups is 1. The zero-order chi connectivity index (χ0) is 19.7. The van der Waals surface area contributed by atoms with Crippen molar-refractivity contribution >= 4 is 50.5 Å². The number of para-hydroxylation sites is 1. The van der Waals surface area contributed by atoms with Crippen LogP contribution >= 0.6 is 27.7 Å². The van der Waals surface area contributed by atoms with Crippen LogP contribution in [0.1, 0.15) is 11.3 Å². The molecule has 3 aromatic rings. The second kappa shape index (κ2) is 7.81. The van der Waals surface area contributed by atoms with Crippen molar-refractivity contribution in [1.29, 1.82) is 0 Å². The molecule has 1 aliphatic rings. The molecule has 0 unspecified atom stereocenters. The van der Waals surface area contributed by atoms with Crippen molar-refractivity contribution < 1.29 is 9.21 Å². The summed E-state index contributed by atoms with van der Waals surface area (Å²) in [5.74, 6) is 1.29. The van der Waals surface area contributed by atoms with E-state index in [0.29, 0.717) is 15.8 Å². The molecule has 4 nitrogen and oxygen atoms in total. The van der Waals surface area contributed by atoms with Crippen molar-refractivity contribution in [1.82, 2.24) is 4.90 Å². The summed E-state index contributed by atoms with van der Waals surface area (Å²) in [6.07, 6.45) is 1.77. The highest BCUT2D eigenvalue weighted by atomic mass is 79.9. The maximum absolute atomic E-state index is 12.6. The van der Waals surface area contributed by atoms with Crippen LogP contribution in [0.2, 0.25) is 0 Å². The van der Waals surface area contributed by atoms with Crippen molar-refractivity contribution in [2.24, 2.45) is 4.99 Å². The van der Waals surface area contributed by atoms with E-state index in [1.165, 1.54) is 17.3 Å². The van der Waals surface area contributed by atoms with E-state index in [2.05, 4.69) is 20.9 Å². The molecular formula is C22H17BrN2O2S. The summed E-state index contributed by atoms with van der Waals surface area (Å²) in [6, 6.07) is 19.5. The van der Waals surface area contributed by atoms with E-state index in [1.807, 2.05) is 67.6 Å². The first-order valence-corrected chi connectivity index (χ1v) is 10.3. The van der Waals surface area contributed by atoms with Gasteiger partial charge in [-0.25, -0.2) is 4.99 Å². The Labute approximate surface area is 176 Å². The van der Waals surface area contributed by atoms with Crippen molar-refractivity contribution in [3.8, 4) is 11.3 Å². The van der Waals surface area contributed by atoms with Crippen LogP contribution in [0.4, 0.5) is 5.69 Å². The third kappa shape index (κ3) is 3.84. The van der Waals surface area contributed by atoms with Gasteiger partial charge >= 0.3 is 0 Å². The molecule has 1 aliphatic heterocycles. The average molecular weight is 453 g/mol. The first-order valence-electron chi connectivity index (χ1n) is 8.69. The standard InChI is InChI=1S/C22H17BrN2O2S/c1-14-8-10-17(18(23)12-14)19-11-9-16(27-19)13-20-21(26)25(2)22(28-20)24-15-6-4-3-5-7-15/h3-13H,1-2H3/b20-13+,24-22?. The van der Waals surface area contributed by atoms with Crippen molar-refractivity contribution in [3.05, 3.63) is 81.4 Å². The van der Waals surface area contributed by atoms with Crippen molar-refractivity contribution in [2.45, 2.75) is 6.92 Å². The summed E-state index contributed by atoms with van der Waals surface area (Å²) in [6.45, 7) is 2.04. The van der Waals surface area contributed by atoms with E-state index in [-0.39, 0.29) is 5.91 Å². The van der Waals surface area contributed by atoms with Crippen molar-refractivity contribution in [3.63, 3.8) is 0 Å². The summed E-state index contributed by atoms with van der Waals surface area (Å²) < 4.78 is 6.94. The number of nitrogens with zero attached hydrogens (tertiary/aromatic N) is 2. The molecular weight excluding hydrogens is 436 g/mol. The molecule has 1 saturated heterocycles. The molecule has 1 aromatic heterocycles. The van der Waals surface area contributed by atoms with Crippen molar-refractivity contribution in [2.75, 3.05) is 7.05 Å². The lowest BCUT2D eigenvalue weighted by Crippen LogP contribution is -2.23. The highest BCUT2D eigenvalue weighted by molar-refractivity contribution is 9.10. The van der Waals surface area contributed by atoms with Crippen LogP contribution in [-0.4, -0.2) is 23.0 Å². The van der Waals surface area contributed by atoms with Gasteiger partial charge in [0, 0.05) is 23.2 Å². The highest BCUT2D eigenvalue weighted by Gasteiger charge is 2.30. The lowest BCUT2D eigenvalue weighted by molar-refractivity contribution is -0.121. The van der Waals surface area contributed by atoms with E-state index in [9.17, 15) is 4.79 Å². The summed E-state index contributed by atoms with van der Waals surface area (Å²) >= 11 is 4.93. The van der Waals surface area contributed by atoms with Gasteiger partial charge in [-0.2, -0.15) is 0 Å². The number of amides is 1. The molecule has 0 saturated carbocycles. The number of halogens is 1. The Morgan fingerprint density at radius 3 is 2.64 bits per heavy atom. The van der Waals surface area contributed by atoms with Gasteiger partial charge in [0.25, 0.3) is 5.91 Å². The average Bonchev–Trinajstić information content (AvgIpc) is 3.24. The first kappa shape index (κ1) is 18.8. The number of rotatable bonds is 3. The van der Waals surface area contributed by atoms with Crippen LogP contribution < -0.4 is 0 Å². The Kier molecular flexibility index (Phi) is 5.24. The maximum atomic E-state index is 12.6. The van der Waals surface area contributed by atoms with Gasteiger partial charge < -0.3 is 4.42 Å². The monoisotopic (exact) mass is 452 g/mol. The normalized spacial score (nSPS) is 17.1. The number of hydrogen-bond acceptors (Lipinski definition) is 4. The van der Waals surface area contributed by atoms with Gasteiger partial charge in [0.2, 0.25) is 0 Å². The number of carbonyl (C=O) groups excluding carboxylic acids is 1. The molecule has 0 aliphatic carbocycles. The molecule has 2 heterocycles. The molecule has 0 radical (unpaired) electrons. The molecule has 0 N–H and O–H groups in total. The van der Waals surface area contributed by atoms with E-state index in [4.69, 9.17) is 4.42 Å². The molecule has 0 bridgehead atoms. The van der Waals surface area contributed by atoms with Crippen LogP contribution in [0.15, 0.2) is 79.5 Å². The summed E-state index contributed by atoms with van der Waals surface area (Å²) in [5, 5.41) is 0.649. The summed E-state index contributed by atoms with van der Waals surface area (Å²) in [7, 11) is 1.73. The number of hydrogen-bond donors (Lipinski definition) is 0. The van der Waals surface area contributed by atoms with Crippen LogP contribution in [-0.2, 0) is 4.79 Å². The highest BCUT2D eigenvalue weighted by Crippen LogP contribution is 2.35. The van der Waals surface area contributed by atoms with Crippen LogP contribution in [0.25, 0.3) is 17.4 Å². The van der Waals surface area contributed by atoms with Gasteiger partial charge in [-0.1, -0.05) is 40.2 Å². The Morgan fingerprint density at radius 2 is 1.89 bits per heavy atom. The second-order valence-corrected chi connectivity index (χ2v) is 8.25. The summed E-state index contributed by atoms with van der Waals surface area (Å²) in [5.41, 5.74) is 2.96. The topological polar surface area (TPSA) is 45.8 Å². The van der Waals surface area contributed by atoms with E-state index in [0.717, 1.165) is 21.5 Å². The number of likely N-dealkylation sites (N-methyl/N-ethyl adjacent to an activating group) is 1. The fourth-order valence-corrected chi connectivity index (χ4v) is 4.44. The van der Waals surface area contributed by atoms with E-state index in [1.54, 1.807) is 18.0 Å². The molecule has 0 spiro atoms. The Bertz CT molecular complexity index is 1100. The van der Waals surface area contributed by atoms with Gasteiger partial charge in [0.1, 0.15) is 11.5 Å². The number of benzene rings is 2. The van der Waals surface area contributed by atoms with E-state index >= 15 is 0 Å². The quantitative estimate of drug-likeness (QED) is 0.441. The van der Waals surface area contributed by atoms with Gasteiger partial charge in [-0.15, -0.1) is 0 Å². The lowest BCUT2D eigenvalue weighted by atomic mass is 10.1. The molecule has 0 atom stereocenters. The largest absolute Gasteiger partial charge is 0.457 e. The smallest absolute Gasteiger partial charge is 0.266 e. The third-order valence-electron chi connectivity index (χ3n) is 4.27. The molecule has 140 valence electrons. The predicted molar refractivity (Wildman–Crippen MR) is 118 cm³/mol. The lowest BCUT2D eigenvalue weighted by Gasteiger charge is -2.06. The van der Waals surface area contributed by atoms with Gasteiger partial charge in [0.15, 0.2) is 5.17 Å². The number of aliphatic imine (C=N–C) groups is 1. The Hall–Kier alpha value is -2.57. The molecule has 4 rings (SSSR count). The number of thioether (sulfide) groups is 1. The zero-order valence-electron chi connectivity index (χ0n) is 15.3. The zero-order valence-corrected chi connectivity index (χ0v) is 17.8. The third-order valence-corrected chi connectivity index (χ3v) is 5.99. The van der Waals surface area contributed by atoms with Crippen LogP contribution in [0, 0.1) is 6.92 Å². The van der Waals surface area contributed by atoms with Gasteiger partial charge in [-0.3, -0.25) is 9.69 Å². The SMILES string of the molecule is Cc1ccc(-c2ccc(/C=C3/SC(=Nc4ccccc4)N(C)C3=O)o2)c(Br)c1. The fraction of sp³-hybridized carbons (Fsp3) is 0.0909.